The molecular formula is C18H23N3O4S2. The van der Waals surface area contributed by atoms with Gasteiger partial charge in [-0.1, -0.05) is 6.42 Å². The number of pyridine rings is 1. The summed E-state index contributed by atoms with van der Waals surface area (Å²) >= 11 is 1.27. The van der Waals surface area contributed by atoms with E-state index in [1.807, 2.05) is 6.07 Å². The van der Waals surface area contributed by atoms with Crippen molar-refractivity contribution in [3.05, 3.63) is 40.9 Å². The molecule has 2 aromatic rings. The van der Waals surface area contributed by atoms with Gasteiger partial charge in [0.05, 0.1) is 18.7 Å². The molecular weight excluding hydrogens is 386 g/mol. The summed E-state index contributed by atoms with van der Waals surface area (Å²) in [4.78, 5) is 16.7. The average Bonchev–Trinajstić information content (AvgIpc) is 3.17. The standard InChI is InChI=1S/C18H23N3O4S2/c1-2-25-18(22)14-6-8-16(19-12-14)20-13-15-7-9-17(26-15)27(23,24)21-10-4-3-5-11-21/h6-9,12H,2-5,10-11,13H2,1H3,(H,19,20). The molecule has 27 heavy (non-hydrogen) atoms. The molecule has 1 fully saturated rings. The van der Waals surface area contributed by atoms with Gasteiger partial charge in [0.15, 0.2) is 0 Å². The highest BCUT2D eigenvalue weighted by atomic mass is 32.2. The predicted molar refractivity (Wildman–Crippen MR) is 104 cm³/mol. The number of carbonyl (C=O) groups is 1. The molecule has 9 heteroatoms. The number of nitrogens with zero attached hydrogens (tertiary/aromatic N) is 2. The van der Waals surface area contributed by atoms with Crippen LogP contribution in [-0.2, 0) is 21.3 Å². The Labute approximate surface area is 163 Å². The lowest BCUT2D eigenvalue weighted by molar-refractivity contribution is 0.0526. The van der Waals surface area contributed by atoms with Crippen LogP contribution in [0.15, 0.2) is 34.7 Å². The first-order chi connectivity index (χ1) is 13.0. The van der Waals surface area contributed by atoms with Crippen molar-refractivity contribution in [2.45, 2.75) is 36.9 Å². The first-order valence-corrected chi connectivity index (χ1v) is 11.2. The fourth-order valence-electron chi connectivity index (χ4n) is 2.84. The lowest BCUT2D eigenvalue weighted by Crippen LogP contribution is -2.35. The van der Waals surface area contributed by atoms with Crippen LogP contribution in [0.1, 0.15) is 41.4 Å². The van der Waals surface area contributed by atoms with E-state index in [-0.39, 0.29) is 0 Å². The van der Waals surface area contributed by atoms with Gasteiger partial charge in [0, 0.05) is 24.2 Å². The molecule has 146 valence electrons. The Morgan fingerprint density at radius 3 is 2.67 bits per heavy atom. The molecule has 0 atom stereocenters. The average molecular weight is 410 g/mol. The smallest absolute Gasteiger partial charge is 0.339 e. The van der Waals surface area contributed by atoms with Crippen LogP contribution in [0.3, 0.4) is 0 Å². The van der Waals surface area contributed by atoms with Crippen LogP contribution in [0.2, 0.25) is 0 Å². The number of aromatic nitrogens is 1. The molecule has 1 N–H and O–H groups in total. The van der Waals surface area contributed by atoms with Crippen LogP contribution >= 0.6 is 11.3 Å². The number of hydrogen-bond donors (Lipinski definition) is 1. The van der Waals surface area contributed by atoms with Crippen LogP contribution in [0.5, 0.6) is 0 Å². The van der Waals surface area contributed by atoms with Gasteiger partial charge in [-0.05, 0) is 44.0 Å². The summed E-state index contributed by atoms with van der Waals surface area (Å²) in [5.74, 6) is 0.208. The van der Waals surface area contributed by atoms with E-state index in [0.717, 1.165) is 24.1 Å². The van der Waals surface area contributed by atoms with Crippen LogP contribution in [-0.4, -0.2) is 43.4 Å². The maximum absolute atomic E-state index is 12.7. The molecule has 0 saturated carbocycles. The molecule has 7 nitrogen and oxygen atoms in total. The first-order valence-electron chi connectivity index (χ1n) is 8.96. The highest BCUT2D eigenvalue weighted by Crippen LogP contribution is 2.27. The van der Waals surface area contributed by atoms with Crippen molar-refractivity contribution < 1.29 is 17.9 Å². The van der Waals surface area contributed by atoms with Crippen molar-refractivity contribution in [2.75, 3.05) is 25.0 Å². The third-order valence-corrected chi connectivity index (χ3v) is 7.72. The van der Waals surface area contributed by atoms with Gasteiger partial charge in [0.1, 0.15) is 10.0 Å². The molecule has 1 aliphatic heterocycles. The number of piperidine rings is 1. The summed E-state index contributed by atoms with van der Waals surface area (Å²) in [6.45, 7) is 3.74. The third-order valence-electron chi connectivity index (χ3n) is 4.26. The Morgan fingerprint density at radius 2 is 2.00 bits per heavy atom. The quantitative estimate of drug-likeness (QED) is 0.707. The second-order valence-electron chi connectivity index (χ2n) is 6.19. The third kappa shape index (κ3) is 4.85. The van der Waals surface area contributed by atoms with Gasteiger partial charge in [0.25, 0.3) is 10.0 Å². The molecule has 0 spiro atoms. The maximum Gasteiger partial charge on any atom is 0.339 e. The van der Waals surface area contributed by atoms with E-state index in [1.54, 1.807) is 29.4 Å². The number of thiophene rings is 1. The second kappa shape index (κ2) is 8.81. The minimum Gasteiger partial charge on any atom is -0.462 e. The predicted octanol–water partition coefficient (Wildman–Crippen LogP) is 3.11. The highest BCUT2D eigenvalue weighted by molar-refractivity contribution is 7.91. The second-order valence-corrected chi connectivity index (χ2v) is 9.52. The topological polar surface area (TPSA) is 88.6 Å². The van der Waals surface area contributed by atoms with E-state index < -0.39 is 16.0 Å². The molecule has 0 aromatic carbocycles. The van der Waals surface area contributed by atoms with Crippen molar-refractivity contribution in [2.24, 2.45) is 0 Å². The number of sulfonamides is 1. The van der Waals surface area contributed by atoms with Gasteiger partial charge < -0.3 is 10.1 Å². The lowest BCUT2D eigenvalue weighted by atomic mass is 10.2. The summed E-state index contributed by atoms with van der Waals surface area (Å²) in [7, 11) is -3.39. The molecule has 0 aliphatic carbocycles. The van der Waals surface area contributed by atoms with E-state index in [0.29, 0.717) is 41.8 Å². The zero-order chi connectivity index (χ0) is 19.3. The van der Waals surface area contributed by atoms with Gasteiger partial charge >= 0.3 is 5.97 Å². The Kier molecular flexibility index (Phi) is 6.46. The number of anilines is 1. The Hall–Kier alpha value is -1.97. The van der Waals surface area contributed by atoms with E-state index in [9.17, 15) is 13.2 Å². The van der Waals surface area contributed by atoms with E-state index in [2.05, 4.69) is 10.3 Å². The van der Waals surface area contributed by atoms with Crippen molar-refractivity contribution in [1.29, 1.82) is 0 Å². The summed E-state index contributed by atoms with van der Waals surface area (Å²) in [6, 6.07) is 6.84. The first kappa shape index (κ1) is 19.8. The van der Waals surface area contributed by atoms with Gasteiger partial charge in [-0.25, -0.2) is 18.2 Å². The fraction of sp³-hybridized carbons (Fsp3) is 0.444. The van der Waals surface area contributed by atoms with Crippen molar-refractivity contribution in [3.8, 4) is 0 Å². The Bertz CT molecular complexity index is 872. The van der Waals surface area contributed by atoms with Crippen LogP contribution in [0, 0.1) is 0 Å². The SMILES string of the molecule is CCOC(=O)c1ccc(NCc2ccc(S(=O)(=O)N3CCCCC3)s2)nc1. The van der Waals surface area contributed by atoms with Gasteiger partial charge in [-0.2, -0.15) is 4.31 Å². The zero-order valence-corrected chi connectivity index (χ0v) is 16.8. The Balaban J connectivity index is 1.60. The molecule has 3 heterocycles. The summed E-state index contributed by atoms with van der Waals surface area (Å²) < 4.78 is 32.3. The molecule has 0 amide bonds. The van der Waals surface area contributed by atoms with E-state index in [1.165, 1.54) is 17.5 Å². The number of carbonyl (C=O) groups excluding carboxylic acids is 1. The zero-order valence-electron chi connectivity index (χ0n) is 15.2. The summed E-state index contributed by atoms with van der Waals surface area (Å²) in [5, 5.41) is 3.14. The molecule has 1 aliphatic rings. The van der Waals surface area contributed by atoms with Crippen molar-refractivity contribution in [1.82, 2.24) is 9.29 Å². The molecule has 2 aromatic heterocycles. The number of ether oxygens (including phenoxy) is 1. The summed E-state index contributed by atoms with van der Waals surface area (Å²) in [5.41, 5.74) is 0.397. The van der Waals surface area contributed by atoms with Gasteiger partial charge in [0.2, 0.25) is 0 Å². The molecule has 0 radical (unpaired) electrons. The van der Waals surface area contributed by atoms with Crippen LogP contribution < -0.4 is 5.32 Å². The fourth-order valence-corrected chi connectivity index (χ4v) is 5.80. The molecule has 3 rings (SSSR count). The minimum atomic E-state index is -3.39. The highest BCUT2D eigenvalue weighted by Gasteiger charge is 2.27. The van der Waals surface area contributed by atoms with Gasteiger partial charge in [-0.3, -0.25) is 0 Å². The number of hydrogen-bond acceptors (Lipinski definition) is 7. The normalized spacial score (nSPS) is 15.4. The van der Waals surface area contributed by atoms with Crippen LogP contribution in [0.25, 0.3) is 0 Å². The summed E-state index contributed by atoms with van der Waals surface area (Å²) in [6.07, 6.45) is 4.40. The Morgan fingerprint density at radius 1 is 1.22 bits per heavy atom. The lowest BCUT2D eigenvalue weighted by Gasteiger charge is -2.25. The van der Waals surface area contributed by atoms with Crippen molar-refractivity contribution >= 4 is 33.1 Å². The van der Waals surface area contributed by atoms with Crippen LogP contribution in [0.4, 0.5) is 5.82 Å². The number of esters is 1. The van der Waals surface area contributed by atoms with Gasteiger partial charge in [-0.15, -0.1) is 11.3 Å². The largest absolute Gasteiger partial charge is 0.462 e. The number of rotatable bonds is 7. The van der Waals surface area contributed by atoms with E-state index in [4.69, 9.17) is 4.74 Å². The molecule has 1 saturated heterocycles. The molecule has 0 unspecified atom stereocenters. The monoisotopic (exact) mass is 409 g/mol. The number of nitrogens with one attached hydrogen (secondary N) is 1. The minimum absolute atomic E-state index is 0.319. The van der Waals surface area contributed by atoms with Crippen molar-refractivity contribution in [3.63, 3.8) is 0 Å². The molecule has 0 bridgehead atoms. The van der Waals surface area contributed by atoms with E-state index >= 15 is 0 Å². The maximum atomic E-state index is 12.7.